The van der Waals surface area contributed by atoms with Crippen LogP contribution in [-0.2, 0) is 4.74 Å². The van der Waals surface area contributed by atoms with Crippen LogP contribution in [0.15, 0.2) is 18.2 Å². The molecule has 0 atom stereocenters. The fourth-order valence-electron chi connectivity index (χ4n) is 1.72. The molecule has 0 heterocycles. The van der Waals surface area contributed by atoms with Crippen molar-refractivity contribution in [2.75, 3.05) is 40.5 Å². The fourth-order valence-corrected chi connectivity index (χ4v) is 1.72. The Kier molecular flexibility index (Phi) is 8.36. The molecule has 1 aromatic carbocycles. The number of benzene rings is 1. The average molecular weight is 310 g/mol. The van der Waals surface area contributed by atoms with Gasteiger partial charge in [0, 0.05) is 0 Å². The van der Waals surface area contributed by atoms with Crippen molar-refractivity contribution in [3.8, 4) is 11.5 Å². The number of ether oxygens (including phenoxy) is 3. The van der Waals surface area contributed by atoms with Crippen LogP contribution in [0.5, 0.6) is 11.5 Å². The van der Waals surface area contributed by atoms with Gasteiger partial charge in [0.1, 0.15) is 13.2 Å². The monoisotopic (exact) mass is 310 g/mol. The maximum Gasteiger partial charge on any atom is 0.338 e. The zero-order valence-corrected chi connectivity index (χ0v) is 14.1. The molecule has 0 saturated heterocycles. The van der Waals surface area contributed by atoms with Crippen LogP contribution < -0.4 is 14.4 Å². The average Bonchev–Trinajstić information content (AvgIpc) is 2.50. The highest BCUT2D eigenvalue weighted by Crippen LogP contribution is 2.29. The number of carbonyl (C=O) groups is 1. The van der Waals surface area contributed by atoms with Gasteiger partial charge in [0.25, 0.3) is 0 Å². The molecule has 22 heavy (non-hydrogen) atoms. The zero-order valence-electron chi connectivity index (χ0n) is 14.1. The largest absolute Gasteiger partial charge is 0.490 e. The predicted molar refractivity (Wildman–Crippen MR) is 86.0 cm³/mol. The van der Waals surface area contributed by atoms with Crippen molar-refractivity contribution in [3.05, 3.63) is 23.8 Å². The van der Waals surface area contributed by atoms with Crippen molar-refractivity contribution in [3.63, 3.8) is 0 Å². The van der Waals surface area contributed by atoms with Gasteiger partial charge in [-0.2, -0.15) is 0 Å². The molecule has 0 aliphatic carbocycles. The van der Waals surface area contributed by atoms with Crippen LogP contribution in [0, 0.1) is 0 Å². The van der Waals surface area contributed by atoms with Crippen LogP contribution in [0.2, 0.25) is 0 Å². The first-order chi connectivity index (χ1) is 10.6. The summed E-state index contributed by atoms with van der Waals surface area (Å²) in [6, 6.07) is 5.19. The minimum absolute atomic E-state index is 0.329. The lowest BCUT2D eigenvalue weighted by molar-refractivity contribution is -0.858. The highest BCUT2D eigenvalue weighted by atomic mass is 16.5. The summed E-state index contributed by atoms with van der Waals surface area (Å²) >= 11 is 0. The lowest BCUT2D eigenvalue weighted by atomic mass is 10.2. The molecular formula is C17H28NO4+. The van der Waals surface area contributed by atoms with Crippen LogP contribution in [0.25, 0.3) is 0 Å². The summed E-state index contributed by atoms with van der Waals surface area (Å²) in [6.45, 7) is 6.48. The highest BCUT2D eigenvalue weighted by molar-refractivity contribution is 5.90. The van der Waals surface area contributed by atoms with Gasteiger partial charge in [-0.3, -0.25) is 0 Å². The second-order valence-corrected chi connectivity index (χ2v) is 5.45. The third kappa shape index (κ3) is 6.35. The fraction of sp³-hybridized carbons (Fsp3) is 0.588. The number of esters is 1. The lowest BCUT2D eigenvalue weighted by Crippen LogP contribution is -3.06. The molecule has 0 fully saturated rings. The van der Waals surface area contributed by atoms with E-state index in [0.29, 0.717) is 36.9 Å². The van der Waals surface area contributed by atoms with Gasteiger partial charge in [-0.25, -0.2) is 4.79 Å². The van der Waals surface area contributed by atoms with E-state index in [4.69, 9.17) is 14.2 Å². The van der Waals surface area contributed by atoms with E-state index in [1.807, 2.05) is 27.9 Å². The number of nitrogens with one attached hydrogen (secondary N) is 1. The van der Waals surface area contributed by atoms with Crippen LogP contribution in [0.1, 0.15) is 37.0 Å². The van der Waals surface area contributed by atoms with E-state index in [-0.39, 0.29) is 5.97 Å². The number of hydrogen-bond acceptors (Lipinski definition) is 4. The summed E-state index contributed by atoms with van der Waals surface area (Å²) in [5.41, 5.74) is 0.490. The normalized spacial score (nSPS) is 10.6. The van der Waals surface area contributed by atoms with Gasteiger partial charge in [0.05, 0.1) is 32.9 Å². The maximum atomic E-state index is 12.0. The Morgan fingerprint density at radius 1 is 1.00 bits per heavy atom. The Bertz CT molecular complexity index is 460. The second-order valence-electron chi connectivity index (χ2n) is 5.45. The molecule has 0 amide bonds. The minimum atomic E-state index is -0.329. The molecule has 0 unspecified atom stereocenters. The molecule has 0 radical (unpaired) electrons. The number of hydrogen-bond donors (Lipinski definition) is 1. The molecule has 1 rings (SSSR count). The van der Waals surface area contributed by atoms with Crippen LogP contribution in [0.4, 0.5) is 0 Å². The van der Waals surface area contributed by atoms with Gasteiger partial charge >= 0.3 is 5.97 Å². The summed E-state index contributed by atoms with van der Waals surface area (Å²) in [4.78, 5) is 13.3. The summed E-state index contributed by atoms with van der Waals surface area (Å²) in [6.07, 6.45) is 1.82. The lowest BCUT2D eigenvalue weighted by Gasteiger charge is -2.13. The molecule has 124 valence electrons. The van der Waals surface area contributed by atoms with Crippen LogP contribution >= 0.6 is 0 Å². The number of rotatable bonds is 10. The zero-order chi connectivity index (χ0) is 16.4. The summed E-state index contributed by atoms with van der Waals surface area (Å²) in [7, 11) is 4.04. The minimum Gasteiger partial charge on any atom is -0.490 e. The molecule has 0 aliphatic rings. The molecule has 0 aromatic heterocycles. The molecule has 1 aromatic rings. The summed E-state index contributed by atoms with van der Waals surface area (Å²) in [5, 5.41) is 0. The number of quaternary nitrogens is 1. The molecule has 0 spiro atoms. The topological polar surface area (TPSA) is 49.2 Å². The Labute approximate surface area is 133 Å². The van der Waals surface area contributed by atoms with Gasteiger partial charge in [-0.15, -0.1) is 0 Å². The second kappa shape index (κ2) is 10.1. The predicted octanol–water partition coefficient (Wildman–Crippen LogP) is 1.57. The molecule has 1 N–H and O–H groups in total. The van der Waals surface area contributed by atoms with E-state index < -0.39 is 0 Å². The van der Waals surface area contributed by atoms with Crippen molar-refractivity contribution in [1.29, 1.82) is 0 Å². The van der Waals surface area contributed by atoms with Crippen molar-refractivity contribution in [1.82, 2.24) is 0 Å². The summed E-state index contributed by atoms with van der Waals surface area (Å²) in [5.74, 6) is 0.942. The van der Waals surface area contributed by atoms with E-state index >= 15 is 0 Å². The van der Waals surface area contributed by atoms with Crippen LogP contribution in [0.3, 0.4) is 0 Å². The first-order valence-corrected chi connectivity index (χ1v) is 7.94. The van der Waals surface area contributed by atoms with E-state index in [2.05, 4.69) is 0 Å². The molecule has 5 heteroatoms. The van der Waals surface area contributed by atoms with Gasteiger partial charge < -0.3 is 19.1 Å². The van der Waals surface area contributed by atoms with Crippen molar-refractivity contribution in [2.24, 2.45) is 0 Å². The number of likely N-dealkylation sites (N-methyl/N-ethyl adjacent to an activating group) is 1. The Morgan fingerprint density at radius 3 is 2.23 bits per heavy atom. The number of carbonyl (C=O) groups excluding carboxylic acids is 1. The molecule has 0 aliphatic heterocycles. The molecular weight excluding hydrogens is 282 g/mol. The van der Waals surface area contributed by atoms with E-state index in [0.717, 1.165) is 19.4 Å². The Balaban J connectivity index is 2.76. The first kappa shape index (κ1) is 18.3. The van der Waals surface area contributed by atoms with Gasteiger partial charge in [0.15, 0.2) is 11.5 Å². The third-order valence-electron chi connectivity index (χ3n) is 2.94. The van der Waals surface area contributed by atoms with E-state index in [1.165, 1.54) is 4.90 Å². The van der Waals surface area contributed by atoms with Crippen molar-refractivity contribution in [2.45, 2.75) is 26.7 Å². The molecule has 5 nitrogen and oxygen atoms in total. The maximum absolute atomic E-state index is 12.0. The summed E-state index contributed by atoms with van der Waals surface area (Å²) < 4.78 is 16.6. The van der Waals surface area contributed by atoms with Crippen molar-refractivity contribution >= 4 is 5.97 Å². The molecule has 0 saturated carbocycles. The Hall–Kier alpha value is -1.75. The van der Waals surface area contributed by atoms with Crippen molar-refractivity contribution < 1.29 is 23.9 Å². The first-order valence-electron chi connectivity index (χ1n) is 7.94. The molecule has 0 bridgehead atoms. The van der Waals surface area contributed by atoms with E-state index in [1.54, 1.807) is 18.2 Å². The highest BCUT2D eigenvalue weighted by Gasteiger charge is 2.13. The van der Waals surface area contributed by atoms with Crippen LogP contribution in [-0.4, -0.2) is 46.4 Å². The SMILES string of the molecule is CCCOc1ccc(C(=O)OCC[NH+](C)C)cc1OCCC. The van der Waals surface area contributed by atoms with Gasteiger partial charge in [0.2, 0.25) is 0 Å². The van der Waals surface area contributed by atoms with Gasteiger partial charge in [-0.05, 0) is 31.0 Å². The van der Waals surface area contributed by atoms with Gasteiger partial charge in [-0.1, -0.05) is 13.8 Å². The smallest absolute Gasteiger partial charge is 0.338 e. The van der Waals surface area contributed by atoms with E-state index in [9.17, 15) is 4.79 Å². The quantitative estimate of drug-likeness (QED) is 0.667. The Morgan fingerprint density at radius 2 is 1.64 bits per heavy atom. The third-order valence-corrected chi connectivity index (χ3v) is 2.94. The standard InChI is InChI=1S/C17H27NO4/c1-5-10-20-15-8-7-14(13-16(15)21-11-6-2)17(19)22-12-9-18(3)4/h7-8,13H,5-6,9-12H2,1-4H3/p+1.